The monoisotopic (exact) mass is 233 g/mol. The van der Waals surface area contributed by atoms with Crippen molar-refractivity contribution < 1.29 is 5.11 Å². The van der Waals surface area contributed by atoms with Crippen LogP contribution in [0.25, 0.3) is 0 Å². The van der Waals surface area contributed by atoms with Gasteiger partial charge < -0.3 is 10.0 Å². The van der Waals surface area contributed by atoms with Gasteiger partial charge in [0.25, 0.3) is 0 Å². The second kappa shape index (κ2) is 3.95. The largest absolute Gasteiger partial charge is 0.396 e. The summed E-state index contributed by atoms with van der Waals surface area (Å²) in [5, 5.41) is 9.53. The van der Waals surface area contributed by atoms with Crippen molar-refractivity contribution in [2.45, 2.75) is 26.2 Å². The van der Waals surface area contributed by atoms with Crippen molar-refractivity contribution in [3.8, 4) is 0 Å². The molecule has 2 fully saturated rings. The highest BCUT2D eigenvalue weighted by Crippen LogP contribution is 2.51. The third kappa shape index (κ3) is 1.62. The lowest BCUT2D eigenvalue weighted by molar-refractivity contribution is 0.0159. The average Bonchev–Trinajstić information content (AvgIpc) is 2.62. The van der Waals surface area contributed by atoms with Crippen molar-refractivity contribution in [1.29, 1.82) is 0 Å². The maximum atomic E-state index is 9.53. The molecule has 1 aromatic heterocycles. The van der Waals surface area contributed by atoms with Crippen LogP contribution in [-0.2, 0) is 6.42 Å². The lowest BCUT2D eigenvalue weighted by Gasteiger charge is -2.42. The molecule has 0 spiro atoms. The van der Waals surface area contributed by atoms with Crippen molar-refractivity contribution in [2.24, 2.45) is 11.3 Å². The highest BCUT2D eigenvalue weighted by atomic mass is 16.3. The molecule has 1 saturated carbocycles. The summed E-state index contributed by atoms with van der Waals surface area (Å²) >= 11 is 0. The van der Waals surface area contributed by atoms with E-state index in [0.717, 1.165) is 31.9 Å². The summed E-state index contributed by atoms with van der Waals surface area (Å²) in [5.74, 6) is 1.46. The highest BCUT2D eigenvalue weighted by molar-refractivity contribution is 5.35. The van der Waals surface area contributed by atoms with Crippen LogP contribution < -0.4 is 4.90 Å². The van der Waals surface area contributed by atoms with Gasteiger partial charge in [-0.3, -0.25) is 0 Å². The van der Waals surface area contributed by atoms with Crippen molar-refractivity contribution in [3.63, 3.8) is 0 Å². The Labute approximate surface area is 102 Å². The Morgan fingerprint density at radius 1 is 1.47 bits per heavy atom. The molecule has 17 heavy (non-hydrogen) atoms. The number of aromatic nitrogens is 2. The molecular weight excluding hydrogens is 214 g/mol. The Bertz CT molecular complexity index is 402. The molecule has 0 unspecified atom stereocenters. The molecular formula is C13H19N3O. The fourth-order valence-corrected chi connectivity index (χ4v) is 3.06. The minimum Gasteiger partial charge on any atom is -0.396 e. The summed E-state index contributed by atoms with van der Waals surface area (Å²) in [7, 11) is 0. The first-order chi connectivity index (χ1) is 8.27. The van der Waals surface area contributed by atoms with E-state index in [1.807, 2.05) is 12.4 Å². The molecule has 0 amide bonds. The first-order valence-electron chi connectivity index (χ1n) is 6.44. The van der Waals surface area contributed by atoms with Crippen LogP contribution in [0.2, 0.25) is 0 Å². The molecule has 1 aliphatic heterocycles. The van der Waals surface area contributed by atoms with Crippen molar-refractivity contribution >= 4 is 5.95 Å². The molecule has 0 radical (unpaired) electrons. The molecule has 0 aromatic carbocycles. The Morgan fingerprint density at radius 3 is 2.71 bits per heavy atom. The number of aliphatic hydroxyl groups is 1. The van der Waals surface area contributed by atoms with Crippen LogP contribution in [0.1, 0.15) is 25.3 Å². The number of aryl methyl sites for hydroxylation is 1. The van der Waals surface area contributed by atoms with Crippen LogP contribution in [0.5, 0.6) is 0 Å². The van der Waals surface area contributed by atoms with Gasteiger partial charge in [0.05, 0.1) is 6.61 Å². The number of hydrogen-bond donors (Lipinski definition) is 1. The lowest BCUT2D eigenvalue weighted by atomic mass is 9.63. The number of fused-ring (bicyclic) bond motifs is 1. The number of hydrogen-bond acceptors (Lipinski definition) is 4. The SMILES string of the molecule is CCc1cnc(N2C[C@@H]3CC[C@]3(CO)C2)nc1. The second-order valence-corrected chi connectivity index (χ2v) is 5.38. The van der Waals surface area contributed by atoms with Crippen molar-refractivity contribution in [1.82, 2.24) is 9.97 Å². The van der Waals surface area contributed by atoms with Crippen molar-refractivity contribution in [3.05, 3.63) is 18.0 Å². The van der Waals surface area contributed by atoms with E-state index in [1.54, 1.807) is 0 Å². The van der Waals surface area contributed by atoms with E-state index in [-0.39, 0.29) is 5.41 Å². The minimum absolute atomic E-state index is 0.146. The molecule has 1 N–H and O–H groups in total. The van der Waals surface area contributed by atoms with Crippen LogP contribution in [0.3, 0.4) is 0 Å². The quantitative estimate of drug-likeness (QED) is 0.853. The lowest BCUT2D eigenvalue weighted by Crippen LogP contribution is -2.42. The van der Waals surface area contributed by atoms with Crippen LogP contribution in [0, 0.1) is 11.3 Å². The van der Waals surface area contributed by atoms with Crippen molar-refractivity contribution in [2.75, 3.05) is 24.6 Å². The normalized spacial score (nSPS) is 31.2. The summed E-state index contributed by atoms with van der Waals surface area (Å²) in [5.41, 5.74) is 1.32. The van der Waals surface area contributed by atoms with E-state index in [4.69, 9.17) is 0 Å². The van der Waals surface area contributed by atoms with Gasteiger partial charge in [0.15, 0.2) is 0 Å². The van der Waals surface area contributed by atoms with Gasteiger partial charge in [0.2, 0.25) is 5.95 Å². The maximum Gasteiger partial charge on any atom is 0.225 e. The minimum atomic E-state index is 0.146. The Balaban J connectivity index is 1.77. The predicted molar refractivity (Wildman–Crippen MR) is 65.9 cm³/mol. The van der Waals surface area contributed by atoms with E-state index >= 15 is 0 Å². The fourth-order valence-electron chi connectivity index (χ4n) is 3.06. The van der Waals surface area contributed by atoms with Crippen LogP contribution in [0.15, 0.2) is 12.4 Å². The smallest absolute Gasteiger partial charge is 0.225 e. The molecule has 2 heterocycles. The Hall–Kier alpha value is -1.16. The van der Waals surface area contributed by atoms with E-state index in [0.29, 0.717) is 12.5 Å². The zero-order valence-corrected chi connectivity index (χ0v) is 10.3. The topological polar surface area (TPSA) is 49.2 Å². The van der Waals surface area contributed by atoms with Gasteiger partial charge in [-0.15, -0.1) is 0 Å². The van der Waals surface area contributed by atoms with Crippen LogP contribution >= 0.6 is 0 Å². The standard InChI is InChI=1S/C13H19N3O/c1-2-10-5-14-12(15-6-10)16-7-11-3-4-13(11,8-16)9-17/h5-6,11,17H,2-4,7-9H2,1H3/t11-,13+/m0/s1. The third-order valence-corrected chi connectivity index (χ3v) is 4.50. The van der Waals surface area contributed by atoms with E-state index in [1.165, 1.54) is 12.0 Å². The zero-order valence-electron chi connectivity index (χ0n) is 10.3. The molecule has 3 rings (SSSR count). The van der Waals surface area contributed by atoms with Gasteiger partial charge in [-0.25, -0.2) is 9.97 Å². The maximum absolute atomic E-state index is 9.53. The second-order valence-electron chi connectivity index (χ2n) is 5.38. The summed E-state index contributed by atoms with van der Waals surface area (Å²) in [6.45, 7) is 4.34. The molecule has 4 nitrogen and oxygen atoms in total. The van der Waals surface area contributed by atoms with Gasteiger partial charge in [-0.2, -0.15) is 0 Å². The summed E-state index contributed by atoms with van der Waals surface area (Å²) in [6.07, 6.45) is 7.19. The summed E-state index contributed by atoms with van der Waals surface area (Å²) in [4.78, 5) is 11.1. The Morgan fingerprint density at radius 2 is 2.24 bits per heavy atom. The Kier molecular flexibility index (Phi) is 2.54. The average molecular weight is 233 g/mol. The number of anilines is 1. The summed E-state index contributed by atoms with van der Waals surface area (Å²) in [6, 6.07) is 0. The molecule has 1 saturated heterocycles. The zero-order chi connectivity index (χ0) is 11.9. The van der Waals surface area contributed by atoms with Crippen LogP contribution in [0.4, 0.5) is 5.95 Å². The first-order valence-corrected chi connectivity index (χ1v) is 6.44. The number of rotatable bonds is 3. The van der Waals surface area contributed by atoms with Crippen LogP contribution in [-0.4, -0.2) is 34.8 Å². The highest BCUT2D eigenvalue weighted by Gasteiger charge is 2.52. The van der Waals surface area contributed by atoms with Gasteiger partial charge >= 0.3 is 0 Å². The van der Waals surface area contributed by atoms with E-state index in [2.05, 4.69) is 21.8 Å². The molecule has 1 aliphatic carbocycles. The molecule has 4 heteroatoms. The molecule has 1 aromatic rings. The van der Waals surface area contributed by atoms with Gasteiger partial charge in [-0.1, -0.05) is 6.92 Å². The predicted octanol–water partition coefficient (Wildman–Crippen LogP) is 1.25. The van der Waals surface area contributed by atoms with Gasteiger partial charge in [0.1, 0.15) is 0 Å². The molecule has 2 aliphatic rings. The first kappa shape index (κ1) is 11.0. The summed E-state index contributed by atoms with van der Waals surface area (Å²) < 4.78 is 0. The van der Waals surface area contributed by atoms with Gasteiger partial charge in [-0.05, 0) is 30.7 Å². The number of nitrogens with zero attached hydrogens (tertiary/aromatic N) is 3. The molecule has 92 valence electrons. The molecule has 0 bridgehead atoms. The van der Waals surface area contributed by atoms with E-state index in [9.17, 15) is 5.11 Å². The fraction of sp³-hybridized carbons (Fsp3) is 0.692. The van der Waals surface area contributed by atoms with E-state index < -0.39 is 0 Å². The van der Waals surface area contributed by atoms with Gasteiger partial charge in [0, 0.05) is 30.9 Å². The molecule has 2 atom stereocenters. The number of aliphatic hydroxyl groups excluding tert-OH is 1. The third-order valence-electron chi connectivity index (χ3n) is 4.50.